The fourth-order valence-electron chi connectivity index (χ4n) is 1.84. The summed E-state index contributed by atoms with van der Waals surface area (Å²) in [5.74, 6) is 0.133. The highest BCUT2D eigenvalue weighted by molar-refractivity contribution is 5.38. The number of methoxy groups -OCH3 is 1. The van der Waals surface area contributed by atoms with Crippen molar-refractivity contribution in [2.45, 2.75) is 38.8 Å². The molecule has 4 heteroatoms. The van der Waals surface area contributed by atoms with Gasteiger partial charge in [0.2, 0.25) is 0 Å². The van der Waals surface area contributed by atoms with Crippen molar-refractivity contribution < 1.29 is 14.2 Å². The SMILES string of the molecule is COc1ccc(F)cc1C(C)(O)CCNC(C)C. The van der Waals surface area contributed by atoms with E-state index in [1.165, 1.54) is 25.3 Å². The van der Waals surface area contributed by atoms with Crippen molar-refractivity contribution in [3.63, 3.8) is 0 Å². The molecule has 0 amide bonds. The molecule has 1 unspecified atom stereocenters. The summed E-state index contributed by atoms with van der Waals surface area (Å²) in [6.07, 6.45) is 0.491. The molecule has 0 fully saturated rings. The molecule has 1 rings (SSSR count). The van der Waals surface area contributed by atoms with E-state index in [4.69, 9.17) is 4.74 Å². The van der Waals surface area contributed by atoms with Crippen molar-refractivity contribution in [1.82, 2.24) is 5.32 Å². The van der Waals surface area contributed by atoms with E-state index in [1.54, 1.807) is 6.92 Å². The lowest BCUT2D eigenvalue weighted by Gasteiger charge is -2.26. The van der Waals surface area contributed by atoms with Gasteiger partial charge in [-0.3, -0.25) is 0 Å². The quantitative estimate of drug-likeness (QED) is 0.820. The molecular weight excluding hydrogens is 233 g/mol. The Bertz CT molecular complexity index is 391. The maximum absolute atomic E-state index is 13.3. The molecular formula is C14H22FNO2. The van der Waals surface area contributed by atoms with E-state index in [0.29, 0.717) is 30.3 Å². The van der Waals surface area contributed by atoms with Crippen LogP contribution in [0.1, 0.15) is 32.8 Å². The summed E-state index contributed by atoms with van der Waals surface area (Å²) in [5, 5.41) is 13.7. The second kappa shape index (κ2) is 6.16. The minimum atomic E-state index is -1.12. The van der Waals surface area contributed by atoms with Gasteiger partial charge in [-0.1, -0.05) is 13.8 Å². The van der Waals surface area contributed by atoms with Crippen LogP contribution in [-0.2, 0) is 5.60 Å². The van der Waals surface area contributed by atoms with Crippen molar-refractivity contribution in [3.8, 4) is 5.75 Å². The molecule has 0 radical (unpaired) electrons. The fourth-order valence-corrected chi connectivity index (χ4v) is 1.84. The van der Waals surface area contributed by atoms with Crippen LogP contribution in [0.3, 0.4) is 0 Å². The van der Waals surface area contributed by atoms with Crippen LogP contribution < -0.4 is 10.1 Å². The second-order valence-electron chi connectivity index (χ2n) is 4.98. The van der Waals surface area contributed by atoms with Gasteiger partial charge in [0.25, 0.3) is 0 Å². The van der Waals surface area contributed by atoms with Crippen LogP contribution in [0.2, 0.25) is 0 Å². The lowest BCUT2D eigenvalue weighted by atomic mass is 9.91. The first-order chi connectivity index (χ1) is 8.36. The Morgan fingerprint density at radius 1 is 1.44 bits per heavy atom. The number of rotatable bonds is 6. The van der Waals surface area contributed by atoms with Crippen LogP contribution in [0.4, 0.5) is 4.39 Å². The number of hydrogen-bond acceptors (Lipinski definition) is 3. The van der Waals surface area contributed by atoms with Crippen LogP contribution in [-0.4, -0.2) is 24.8 Å². The van der Waals surface area contributed by atoms with E-state index in [1.807, 2.05) is 13.8 Å². The number of hydrogen-bond donors (Lipinski definition) is 2. The first kappa shape index (κ1) is 14.9. The second-order valence-corrected chi connectivity index (χ2v) is 4.98. The van der Waals surface area contributed by atoms with Gasteiger partial charge in [0.1, 0.15) is 11.6 Å². The van der Waals surface area contributed by atoms with Crippen molar-refractivity contribution in [3.05, 3.63) is 29.6 Å². The first-order valence-electron chi connectivity index (χ1n) is 6.16. The molecule has 2 N–H and O–H groups in total. The van der Waals surface area contributed by atoms with Gasteiger partial charge in [-0.25, -0.2) is 4.39 Å². The molecule has 1 aromatic carbocycles. The average molecular weight is 255 g/mol. The molecule has 0 bridgehead atoms. The molecule has 0 aromatic heterocycles. The lowest BCUT2D eigenvalue weighted by Crippen LogP contribution is -2.31. The molecule has 0 aliphatic heterocycles. The summed E-state index contributed by atoms with van der Waals surface area (Å²) in [5.41, 5.74) is -0.634. The number of nitrogens with one attached hydrogen (secondary N) is 1. The van der Waals surface area contributed by atoms with Crippen molar-refractivity contribution in [2.24, 2.45) is 0 Å². The summed E-state index contributed by atoms with van der Waals surface area (Å²) in [4.78, 5) is 0. The van der Waals surface area contributed by atoms with E-state index in [2.05, 4.69) is 5.32 Å². The summed E-state index contributed by atoms with van der Waals surface area (Å²) in [7, 11) is 1.51. The Labute approximate surface area is 108 Å². The van der Waals surface area contributed by atoms with Crippen LogP contribution in [0.15, 0.2) is 18.2 Å². The van der Waals surface area contributed by atoms with E-state index < -0.39 is 5.60 Å². The van der Waals surface area contributed by atoms with E-state index in [9.17, 15) is 9.50 Å². The fraction of sp³-hybridized carbons (Fsp3) is 0.571. The number of aliphatic hydroxyl groups is 1. The predicted molar refractivity (Wildman–Crippen MR) is 70.3 cm³/mol. The number of benzene rings is 1. The monoisotopic (exact) mass is 255 g/mol. The van der Waals surface area contributed by atoms with Gasteiger partial charge in [-0.2, -0.15) is 0 Å². The van der Waals surface area contributed by atoms with Crippen LogP contribution in [0.5, 0.6) is 5.75 Å². The Hall–Kier alpha value is -1.13. The molecule has 3 nitrogen and oxygen atoms in total. The van der Waals surface area contributed by atoms with Crippen molar-refractivity contribution >= 4 is 0 Å². The molecule has 0 spiro atoms. The van der Waals surface area contributed by atoms with E-state index in [-0.39, 0.29) is 5.82 Å². The molecule has 102 valence electrons. The molecule has 0 saturated carbocycles. The van der Waals surface area contributed by atoms with Crippen molar-refractivity contribution in [2.75, 3.05) is 13.7 Å². The van der Waals surface area contributed by atoms with Gasteiger partial charge in [0.15, 0.2) is 0 Å². The zero-order valence-electron chi connectivity index (χ0n) is 11.5. The lowest BCUT2D eigenvalue weighted by molar-refractivity contribution is 0.0447. The predicted octanol–water partition coefficient (Wildman–Crippen LogP) is 2.43. The minimum Gasteiger partial charge on any atom is -0.496 e. The maximum atomic E-state index is 13.3. The van der Waals surface area contributed by atoms with Gasteiger partial charge in [-0.15, -0.1) is 0 Å². The third-order valence-corrected chi connectivity index (χ3v) is 2.91. The zero-order chi connectivity index (χ0) is 13.8. The Kier molecular flexibility index (Phi) is 5.11. The summed E-state index contributed by atoms with van der Waals surface area (Å²) >= 11 is 0. The highest BCUT2D eigenvalue weighted by atomic mass is 19.1. The smallest absolute Gasteiger partial charge is 0.125 e. The summed E-state index contributed by atoms with van der Waals surface area (Å²) in [6.45, 7) is 6.41. The van der Waals surface area contributed by atoms with Gasteiger partial charge < -0.3 is 15.2 Å². The molecule has 1 atom stereocenters. The summed E-state index contributed by atoms with van der Waals surface area (Å²) in [6, 6.07) is 4.55. The minimum absolute atomic E-state index is 0.357. The summed E-state index contributed by atoms with van der Waals surface area (Å²) < 4.78 is 18.4. The Balaban J connectivity index is 2.85. The Morgan fingerprint density at radius 3 is 2.67 bits per heavy atom. The average Bonchev–Trinajstić information content (AvgIpc) is 2.28. The first-order valence-corrected chi connectivity index (χ1v) is 6.16. The molecule has 18 heavy (non-hydrogen) atoms. The zero-order valence-corrected chi connectivity index (χ0v) is 11.5. The normalized spacial score (nSPS) is 14.6. The highest BCUT2D eigenvalue weighted by Gasteiger charge is 2.27. The highest BCUT2D eigenvalue weighted by Crippen LogP contribution is 2.32. The standard InChI is InChI=1S/C14H22FNO2/c1-10(2)16-8-7-14(3,17)12-9-11(15)5-6-13(12)18-4/h5-6,9-10,16-17H,7-8H2,1-4H3. The third kappa shape index (κ3) is 3.96. The van der Waals surface area contributed by atoms with Crippen LogP contribution >= 0.6 is 0 Å². The molecule has 1 aromatic rings. The van der Waals surface area contributed by atoms with Crippen LogP contribution in [0, 0.1) is 5.82 Å². The maximum Gasteiger partial charge on any atom is 0.125 e. The largest absolute Gasteiger partial charge is 0.496 e. The molecule has 0 heterocycles. The third-order valence-electron chi connectivity index (χ3n) is 2.91. The van der Waals surface area contributed by atoms with Gasteiger partial charge in [-0.05, 0) is 38.1 Å². The van der Waals surface area contributed by atoms with E-state index in [0.717, 1.165) is 0 Å². The Morgan fingerprint density at radius 2 is 2.11 bits per heavy atom. The number of ether oxygens (including phenoxy) is 1. The molecule has 0 saturated heterocycles. The van der Waals surface area contributed by atoms with Crippen molar-refractivity contribution in [1.29, 1.82) is 0 Å². The van der Waals surface area contributed by atoms with Gasteiger partial charge in [0, 0.05) is 11.6 Å². The van der Waals surface area contributed by atoms with Crippen LogP contribution in [0.25, 0.3) is 0 Å². The molecule has 0 aliphatic carbocycles. The van der Waals surface area contributed by atoms with E-state index >= 15 is 0 Å². The molecule has 0 aliphatic rings. The van der Waals surface area contributed by atoms with Gasteiger partial charge >= 0.3 is 0 Å². The number of halogens is 1. The van der Waals surface area contributed by atoms with Gasteiger partial charge in [0.05, 0.1) is 12.7 Å². The topological polar surface area (TPSA) is 41.5 Å².